The van der Waals surface area contributed by atoms with Gasteiger partial charge in [-0.05, 0) is 50.0 Å². The monoisotopic (exact) mass is 385 g/mol. The van der Waals surface area contributed by atoms with E-state index >= 15 is 0 Å². The van der Waals surface area contributed by atoms with Crippen molar-refractivity contribution in [2.45, 2.75) is 75.0 Å². The van der Waals surface area contributed by atoms with Gasteiger partial charge in [-0.25, -0.2) is 0 Å². The first kappa shape index (κ1) is 17.4. The second kappa shape index (κ2) is 7.04. The Kier molecular flexibility index (Phi) is 4.54. The van der Waals surface area contributed by atoms with E-state index in [0.29, 0.717) is 11.8 Å². The lowest BCUT2D eigenvalue weighted by atomic mass is 9.71. The number of piperidine rings is 1. The molecule has 2 aromatic heterocycles. The summed E-state index contributed by atoms with van der Waals surface area (Å²) >= 11 is 1.74. The Balaban J connectivity index is 1.36. The number of hydrogen-bond donors (Lipinski definition) is 0. The molecule has 5 nitrogen and oxygen atoms in total. The minimum Gasteiger partial charge on any atom is -0.341 e. The van der Waals surface area contributed by atoms with Gasteiger partial charge < -0.3 is 9.42 Å². The highest BCUT2D eigenvalue weighted by atomic mass is 32.1. The van der Waals surface area contributed by atoms with E-state index in [9.17, 15) is 4.79 Å². The van der Waals surface area contributed by atoms with Gasteiger partial charge in [0.05, 0.1) is 5.41 Å². The van der Waals surface area contributed by atoms with Crippen LogP contribution in [-0.4, -0.2) is 34.0 Å². The fourth-order valence-corrected chi connectivity index (χ4v) is 5.83. The predicted molar refractivity (Wildman–Crippen MR) is 104 cm³/mol. The van der Waals surface area contributed by atoms with Gasteiger partial charge in [0.25, 0.3) is 0 Å². The first-order valence-electron chi connectivity index (χ1n) is 10.4. The van der Waals surface area contributed by atoms with Gasteiger partial charge >= 0.3 is 0 Å². The molecule has 3 aliphatic rings. The summed E-state index contributed by atoms with van der Waals surface area (Å²) in [6.07, 6.45) is 9.91. The zero-order chi connectivity index (χ0) is 18.3. The lowest BCUT2D eigenvalue weighted by molar-refractivity contribution is -0.140. The number of likely N-dealkylation sites (tertiary alicyclic amines) is 1. The molecule has 5 rings (SSSR count). The molecule has 27 heavy (non-hydrogen) atoms. The lowest BCUT2D eigenvalue weighted by Crippen LogP contribution is -2.50. The number of thiophene rings is 1. The van der Waals surface area contributed by atoms with E-state index in [0.717, 1.165) is 63.3 Å². The van der Waals surface area contributed by atoms with Crippen molar-refractivity contribution in [2.24, 2.45) is 0 Å². The molecule has 144 valence electrons. The Morgan fingerprint density at radius 2 is 2.00 bits per heavy atom. The molecule has 0 aromatic carbocycles. The van der Waals surface area contributed by atoms with Gasteiger partial charge in [0, 0.05) is 29.8 Å². The molecule has 3 fully saturated rings. The van der Waals surface area contributed by atoms with Crippen molar-refractivity contribution in [3.05, 3.63) is 34.1 Å². The normalized spacial score (nSPS) is 25.5. The molecule has 1 atom stereocenters. The smallest absolute Gasteiger partial charge is 0.234 e. The van der Waals surface area contributed by atoms with Crippen LogP contribution in [-0.2, 0) is 10.2 Å². The van der Waals surface area contributed by atoms with Gasteiger partial charge in [-0.3, -0.25) is 4.79 Å². The summed E-state index contributed by atoms with van der Waals surface area (Å²) in [4.78, 5) is 21.8. The predicted octanol–water partition coefficient (Wildman–Crippen LogP) is 4.62. The number of rotatable bonds is 4. The number of aromatic nitrogens is 2. The van der Waals surface area contributed by atoms with Gasteiger partial charge in [0.15, 0.2) is 5.82 Å². The van der Waals surface area contributed by atoms with E-state index in [-0.39, 0.29) is 11.3 Å². The van der Waals surface area contributed by atoms with Crippen LogP contribution < -0.4 is 0 Å². The van der Waals surface area contributed by atoms with Crippen molar-refractivity contribution < 1.29 is 9.32 Å². The molecule has 3 heterocycles. The highest BCUT2D eigenvalue weighted by Crippen LogP contribution is 2.44. The maximum absolute atomic E-state index is 13.7. The molecule has 6 heteroatoms. The average Bonchev–Trinajstić information content (AvgIpc) is 3.22. The zero-order valence-electron chi connectivity index (χ0n) is 15.7. The summed E-state index contributed by atoms with van der Waals surface area (Å²) < 4.78 is 5.47. The van der Waals surface area contributed by atoms with Crippen LogP contribution in [0.5, 0.6) is 0 Å². The van der Waals surface area contributed by atoms with E-state index in [1.807, 2.05) is 0 Å². The summed E-state index contributed by atoms with van der Waals surface area (Å²) in [6, 6.07) is 4.25. The number of carbonyl (C=O) groups excluding carboxylic acids is 1. The molecule has 2 aliphatic carbocycles. The van der Waals surface area contributed by atoms with Gasteiger partial charge in [-0.2, -0.15) is 4.98 Å². The van der Waals surface area contributed by atoms with Crippen LogP contribution in [0, 0.1) is 0 Å². The molecule has 1 aliphatic heterocycles. The van der Waals surface area contributed by atoms with Gasteiger partial charge in [-0.15, -0.1) is 11.3 Å². The van der Waals surface area contributed by atoms with E-state index in [1.165, 1.54) is 24.1 Å². The molecule has 2 aromatic rings. The van der Waals surface area contributed by atoms with Crippen molar-refractivity contribution in [1.82, 2.24) is 15.0 Å². The molecular weight excluding hydrogens is 358 g/mol. The number of amides is 1. The molecule has 0 bridgehead atoms. The Hall–Kier alpha value is -1.69. The molecule has 0 radical (unpaired) electrons. The van der Waals surface area contributed by atoms with Gasteiger partial charge in [-0.1, -0.05) is 30.5 Å². The first-order valence-corrected chi connectivity index (χ1v) is 11.3. The van der Waals surface area contributed by atoms with Crippen LogP contribution in [0.4, 0.5) is 0 Å². The van der Waals surface area contributed by atoms with E-state index in [4.69, 9.17) is 4.52 Å². The lowest BCUT2D eigenvalue weighted by Gasteiger charge is -2.41. The Labute approximate surface area is 164 Å². The van der Waals surface area contributed by atoms with Gasteiger partial charge in [0.1, 0.15) is 0 Å². The molecule has 0 N–H and O–H groups in total. The average molecular weight is 386 g/mol. The van der Waals surface area contributed by atoms with Crippen molar-refractivity contribution in [2.75, 3.05) is 13.1 Å². The summed E-state index contributed by atoms with van der Waals surface area (Å²) in [5, 5.41) is 6.36. The topological polar surface area (TPSA) is 59.2 Å². The first-order chi connectivity index (χ1) is 13.3. The van der Waals surface area contributed by atoms with Crippen molar-refractivity contribution in [1.29, 1.82) is 0 Å². The maximum atomic E-state index is 13.7. The minimum absolute atomic E-state index is 0.211. The Morgan fingerprint density at radius 3 is 2.74 bits per heavy atom. The fraction of sp³-hybridized carbons (Fsp3) is 0.667. The van der Waals surface area contributed by atoms with Crippen LogP contribution in [0.25, 0.3) is 0 Å². The third kappa shape index (κ3) is 3.22. The molecular formula is C21H27N3O2S. The van der Waals surface area contributed by atoms with Gasteiger partial charge in [0.2, 0.25) is 11.8 Å². The third-order valence-corrected chi connectivity index (χ3v) is 7.64. The Morgan fingerprint density at radius 1 is 1.15 bits per heavy atom. The minimum atomic E-state index is -0.301. The summed E-state index contributed by atoms with van der Waals surface area (Å²) in [7, 11) is 0. The SMILES string of the molecule is O=C(N1CCCC(c2noc(C3CC3)n2)C1)C1(c2cccs2)CCCCC1. The Bertz CT molecular complexity index is 790. The van der Waals surface area contributed by atoms with Crippen LogP contribution in [0.15, 0.2) is 22.0 Å². The zero-order valence-corrected chi connectivity index (χ0v) is 16.5. The standard InChI is InChI=1S/C21H27N3O2S/c25-20(21(10-2-1-3-11-21)17-7-5-13-27-17)24-12-4-6-16(14-24)18-22-19(26-23-18)15-8-9-15/h5,7,13,15-16H,1-4,6,8-12,14H2. The molecule has 0 spiro atoms. The van der Waals surface area contributed by atoms with E-state index in [2.05, 4.69) is 32.6 Å². The van der Waals surface area contributed by atoms with Crippen LogP contribution in [0.1, 0.15) is 86.2 Å². The van der Waals surface area contributed by atoms with E-state index < -0.39 is 0 Å². The summed E-state index contributed by atoms with van der Waals surface area (Å²) in [5.74, 6) is 2.64. The van der Waals surface area contributed by atoms with Crippen LogP contribution in [0.3, 0.4) is 0 Å². The molecule has 1 saturated heterocycles. The highest BCUT2D eigenvalue weighted by Gasteiger charge is 2.45. The molecule has 2 saturated carbocycles. The largest absolute Gasteiger partial charge is 0.341 e. The number of nitrogens with zero attached hydrogens (tertiary/aromatic N) is 3. The van der Waals surface area contributed by atoms with Crippen molar-refractivity contribution in [3.63, 3.8) is 0 Å². The number of carbonyl (C=O) groups is 1. The molecule has 1 unspecified atom stereocenters. The van der Waals surface area contributed by atoms with Crippen molar-refractivity contribution >= 4 is 17.2 Å². The molecule has 1 amide bonds. The number of hydrogen-bond acceptors (Lipinski definition) is 5. The second-order valence-corrected chi connectivity index (χ2v) is 9.42. The summed E-state index contributed by atoms with van der Waals surface area (Å²) in [6.45, 7) is 1.59. The van der Waals surface area contributed by atoms with Crippen molar-refractivity contribution in [3.8, 4) is 0 Å². The fourth-order valence-electron chi connectivity index (χ4n) is 4.86. The van der Waals surface area contributed by atoms with E-state index in [1.54, 1.807) is 11.3 Å². The maximum Gasteiger partial charge on any atom is 0.234 e. The second-order valence-electron chi connectivity index (χ2n) is 8.48. The highest BCUT2D eigenvalue weighted by molar-refractivity contribution is 7.10. The van der Waals surface area contributed by atoms with Crippen LogP contribution >= 0.6 is 11.3 Å². The quantitative estimate of drug-likeness (QED) is 0.771. The third-order valence-electron chi connectivity index (χ3n) is 6.57. The van der Waals surface area contributed by atoms with Crippen LogP contribution in [0.2, 0.25) is 0 Å². The summed E-state index contributed by atoms with van der Waals surface area (Å²) in [5.41, 5.74) is -0.301.